The van der Waals surface area contributed by atoms with Crippen molar-refractivity contribution in [3.05, 3.63) is 67.5 Å². The van der Waals surface area contributed by atoms with Crippen LogP contribution in [0.25, 0.3) is 0 Å². The molecule has 1 aromatic carbocycles. The second kappa shape index (κ2) is 5.36. The third kappa shape index (κ3) is 2.73. The Morgan fingerprint density at radius 1 is 1.21 bits per heavy atom. The van der Waals surface area contributed by atoms with Crippen LogP contribution in [0.1, 0.15) is 5.56 Å². The summed E-state index contributed by atoms with van der Waals surface area (Å²) in [4.78, 5) is 25.0. The number of H-pyrrole nitrogens is 1. The number of aromatic nitrogens is 2. The molecule has 1 heterocycles. The highest BCUT2D eigenvalue weighted by Crippen LogP contribution is 2.08. The molecule has 4 nitrogen and oxygen atoms in total. The summed E-state index contributed by atoms with van der Waals surface area (Å²) >= 11 is 5.33. The minimum atomic E-state index is -1.23. The van der Waals surface area contributed by atoms with Gasteiger partial charge in [-0.2, -0.15) is 4.39 Å². The average Bonchev–Trinajstić information content (AvgIpc) is 2.38. The molecule has 0 radical (unpaired) electrons. The average molecular weight is 287 g/mol. The summed E-state index contributed by atoms with van der Waals surface area (Å²) in [5, 5.41) is -0.628. The van der Waals surface area contributed by atoms with Gasteiger partial charge >= 0.3 is 5.69 Å². The van der Waals surface area contributed by atoms with Crippen LogP contribution in [0.5, 0.6) is 0 Å². The van der Waals surface area contributed by atoms with Crippen molar-refractivity contribution >= 4 is 11.6 Å². The second-order valence-corrected chi connectivity index (χ2v) is 4.23. The standard InChI is InChI=1S/C12H9ClF2N2O2/c13-10-9(15)11(18)17(12(19)16-10)6-5-7-3-1-2-4-8(7)14/h1-4H,5-6H2,(H,16,19). The van der Waals surface area contributed by atoms with Crippen LogP contribution in [0.15, 0.2) is 33.9 Å². The first-order chi connectivity index (χ1) is 9.00. The first kappa shape index (κ1) is 13.5. The van der Waals surface area contributed by atoms with Crippen molar-refractivity contribution in [3.8, 4) is 0 Å². The Hall–Kier alpha value is -1.95. The second-order valence-electron chi connectivity index (χ2n) is 3.86. The predicted octanol–water partition coefficient (Wildman–Crippen LogP) is 1.71. The molecular formula is C12H9ClF2N2O2. The van der Waals surface area contributed by atoms with Crippen LogP contribution in [0.2, 0.25) is 5.15 Å². The first-order valence-corrected chi connectivity index (χ1v) is 5.80. The molecule has 0 fully saturated rings. The fraction of sp³-hybridized carbons (Fsp3) is 0.167. The van der Waals surface area contributed by atoms with E-state index in [4.69, 9.17) is 11.6 Å². The van der Waals surface area contributed by atoms with E-state index in [-0.39, 0.29) is 13.0 Å². The number of benzene rings is 1. The molecule has 1 aromatic heterocycles. The number of rotatable bonds is 3. The van der Waals surface area contributed by atoms with Gasteiger partial charge in [-0.1, -0.05) is 29.8 Å². The summed E-state index contributed by atoms with van der Waals surface area (Å²) < 4.78 is 27.3. The lowest BCUT2D eigenvalue weighted by Crippen LogP contribution is -2.37. The molecule has 7 heteroatoms. The van der Waals surface area contributed by atoms with E-state index in [1.165, 1.54) is 18.2 Å². The van der Waals surface area contributed by atoms with Gasteiger partial charge in [0.2, 0.25) is 5.82 Å². The molecule has 0 saturated heterocycles. The monoisotopic (exact) mass is 286 g/mol. The van der Waals surface area contributed by atoms with Crippen LogP contribution in [-0.4, -0.2) is 9.55 Å². The summed E-state index contributed by atoms with van der Waals surface area (Å²) in [5.74, 6) is -1.67. The zero-order chi connectivity index (χ0) is 14.0. The molecule has 2 aromatic rings. The van der Waals surface area contributed by atoms with E-state index >= 15 is 0 Å². The summed E-state index contributed by atoms with van der Waals surface area (Å²) in [7, 11) is 0. The maximum atomic E-state index is 13.4. The van der Waals surface area contributed by atoms with Gasteiger partial charge < -0.3 is 0 Å². The molecule has 0 saturated carbocycles. The zero-order valence-electron chi connectivity index (χ0n) is 9.62. The molecule has 0 atom stereocenters. The molecule has 0 aliphatic rings. The summed E-state index contributed by atoms with van der Waals surface area (Å²) in [5.41, 5.74) is -1.61. The molecule has 0 spiro atoms. The van der Waals surface area contributed by atoms with E-state index in [2.05, 4.69) is 0 Å². The highest BCUT2D eigenvalue weighted by atomic mass is 35.5. The number of halogens is 3. The van der Waals surface area contributed by atoms with Crippen molar-refractivity contribution in [1.82, 2.24) is 9.55 Å². The molecule has 0 aliphatic heterocycles. The van der Waals surface area contributed by atoms with Gasteiger partial charge in [0.05, 0.1) is 0 Å². The van der Waals surface area contributed by atoms with E-state index in [0.29, 0.717) is 10.1 Å². The zero-order valence-corrected chi connectivity index (χ0v) is 10.4. The van der Waals surface area contributed by atoms with Crippen molar-refractivity contribution in [2.45, 2.75) is 13.0 Å². The Balaban J connectivity index is 2.31. The van der Waals surface area contributed by atoms with Crippen LogP contribution < -0.4 is 11.2 Å². The van der Waals surface area contributed by atoms with Crippen molar-refractivity contribution in [2.75, 3.05) is 0 Å². The van der Waals surface area contributed by atoms with E-state index < -0.39 is 28.0 Å². The smallest absolute Gasteiger partial charge is 0.295 e. The van der Waals surface area contributed by atoms with Crippen molar-refractivity contribution in [3.63, 3.8) is 0 Å². The van der Waals surface area contributed by atoms with Gasteiger partial charge in [-0.05, 0) is 18.1 Å². The topological polar surface area (TPSA) is 54.9 Å². The van der Waals surface area contributed by atoms with Gasteiger partial charge in [0, 0.05) is 6.54 Å². The third-order valence-corrected chi connectivity index (χ3v) is 2.91. The van der Waals surface area contributed by atoms with Gasteiger partial charge in [0.25, 0.3) is 5.56 Å². The van der Waals surface area contributed by atoms with Crippen LogP contribution in [0.3, 0.4) is 0 Å². The third-order valence-electron chi connectivity index (χ3n) is 2.65. The molecule has 0 bridgehead atoms. The molecule has 19 heavy (non-hydrogen) atoms. The van der Waals surface area contributed by atoms with E-state index in [1.807, 2.05) is 4.98 Å². The van der Waals surface area contributed by atoms with Crippen LogP contribution in [0, 0.1) is 11.6 Å². The Labute approximate surface area is 111 Å². The van der Waals surface area contributed by atoms with E-state index in [0.717, 1.165) is 0 Å². The normalized spacial score (nSPS) is 10.7. The number of nitrogens with zero attached hydrogens (tertiary/aromatic N) is 1. The van der Waals surface area contributed by atoms with Gasteiger partial charge in [-0.25, -0.2) is 9.18 Å². The van der Waals surface area contributed by atoms with Crippen molar-refractivity contribution in [2.24, 2.45) is 0 Å². The van der Waals surface area contributed by atoms with Gasteiger partial charge in [0.1, 0.15) is 5.82 Å². The van der Waals surface area contributed by atoms with Crippen LogP contribution in [-0.2, 0) is 13.0 Å². The lowest BCUT2D eigenvalue weighted by Gasteiger charge is -2.06. The van der Waals surface area contributed by atoms with Crippen LogP contribution >= 0.6 is 11.6 Å². The molecule has 2 rings (SSSR count). The van der Waals surface area contributed by atoms with Crippen molar-refractivity contribution in [1.29, 1.82) is 0 Å². The Bertz CT molecular complexity index is 724. The molecular weight excluding hydrogens is 278 g/mol. The van der Waals surface area contributed by atoms with Gasteiger partial charge in [-0.15, -0.1) is 0 Å². The van der Waals surface area contributed by atoms with Gasteiger partial charge in [0.15, 0.2) is 5.15 Å². The SMILES string of the molecule is O=c1[nH]c(Cl)c(F)c(=O)n1CCc1ccccc1F. The van der Waals surface area contributed by atoms with E-state index in [1.54, 1.807) is 6.07 Å². The van der Waals surface area contributed by atoms with Gasteiger partial charge in [-0.3, -0.25) is 14.3 Å². The summed E-state index contributed by atoms with van der Waals surface area (Å²) in [6.07, 6.45) is 0.0940. The first-order valence-electron chi connectivity index (χ1n) is 5.42. The lowest BCUT2D eigenvalue weighted by molar-refractivity contribution is 0.531. The molecule has 0 aliphatic carbocycles. The number of hydrogen-bond donors (Lipinski definition) is 1. The molecule has 0 amide bonds. The van der Waals surface area contributed by atoms with Crippen LogP contribution in [0.4, 0.5) is 8.78 Å². The maximum Gasteiger partial charge on any atom is 0.329 e. The highest BCUT2D eigenvalue weighted by Gasteiger charge is 2.12. The summed E-state index contributed by atoms with van der Waals surface area (Å²) in [6.45, 7) is -0.136. The number of aromatic amines is 1. The van der Waals surface area contributed by atoms with Crippen molar-refractivity contribution < 1.29 is 8.78 Å². The minimum absolute atomic E-state index is 0.0940. The lowest BCUT2D eigenvalue weighted by atomic mass is 10.1. The Morgan fingerprint density at radius 2 is 1.89 bits per heavy atom. The molecule has 1 N–H and O–H groups in total. The fourth-order valence-corrected chi connectivity index (χ4v) is 1.82. The highest BCUT2D eigenvalue weighted by molar-refractivity contribution is 6.29. The number of nitrogens with one attached hydrogen (secondary N) is 1. The predicted molar refractivity (Wildman–Crippen MR) is 66.4 cm³/mol. The minimum Gasteiger partial charge on any atom is -0.295 e. The largest absolute Gasteiger partial charge is 0.329 e. The quantitative estimate of drug-likeness (QED) is 0.874. The maximum absolute atomic E-state index is 13.4. The molecule has 100 valence electrons. The summed E-state index contributed by atoms with van der Waals surface area (Å²) in [6, 6.07) is 5.96. The van der Waals surface area contributed by atoms with E-state index in [9.17, 15) is 18.4 Å². The fourth-order valence-electron chi connectivity index (χ4n) is 1.66. The molecule has 0 unspecified atom stereocenters. The Kier molecular flexibility index (Phi) is 3.80. The number of aryl methyl sites for hydroxylation is 1. The Morgan fingerprint density at radius 3 is 2.58 bits per heavy atom. The number of hydrogen-bond acceptors (Lipinski definition) is 2.